The zero-order valence-electron chi connectivity index (χ0n) is 11.8. The van der Waals surface area contributed by atoms with E-state index in [1.54, 1.807) is 25.6 Å². The van der Waals surface area contributed by atoms with E-state index in [9.17, 15) is 4.79 Å². The number of nitrogens with zero attached hydrogens (tertiary/aromatic N) is 1. The minimum Gasteiger partial charge on any atom is -0.361 e. The fourth-order valence-electron chi connectivity index (χ4n) is 2.55. The fourth-order valence-corrected chi connectivity index (χ4v) is 3.84. The molecule has 0 bridgehead atoms. The fraction of sp³-hybridized carbons (Fsp3) is 0.333. The lowest BCUT2D eigenvalue weighted by atomic mass is 10.0. The zero-order valence-corrected chi connectivity index (χ0v) is 13.3. The third kappa shape index (κ3) is 2.80. The second kappa shape index (κ2) is 5.73. The third-order valence-corrected chi connectivity index (χ3v) is 4.93. The molecule has 0 saturated carbocycles. The molecule has 0 saturated heterocycles. The summed E-state index contributed by atoms with van der Waals surface area (Å²) >= 11 is 7.87. The maximum absolute atomic E-state index is 12.5. The second-order valence-electron chi connectivity index (χ2n) is 5.04. The van der Waals surface area contributed by atoms with Gasteiger partial charge in [0.1, 0.15) is 11.3 Å². The molecule has 1 unspecified atom stereocenters. The molecule has 3 rings (SSSR count). The van der Waals surface area contributed by atoms with Crippen LogP contribution in [0.2, 0.25) is 5.02 Å². The molecule has 1 aliphatic heterocycles. The summed E-state index contributed by atoms with van der Waals surface area (Å²) in [5.41, 5.74) is 2.22. The van der Waals surface area contributed by atoms with Gasteiger partial charge in [-0.2, -0.15) is 0 Å². The van der Waals surface area contributed by atoms with Gasteiger partial charge in [-0.15, -0.1) is 11.8 Å². The Labute approximate surface area is 132 Å². The molecule has 0 radical (unpaired) electrons. The van der Waals surface area contributed by atoms with E-state index in [2.05, 4.69) is 10.5 Å². The van der Waals surface area contributed by atoms with Crippen molar-refractivity contribution in [2.45, 2.75) is 31.2 Å². The second-order valence-corrected chi connectivity index (χ2v) is 6.62. The van der Waals surface area contributed by atoms with Gasteiger partial charge in [0, 0.05) is 15.7 Å². The highest BCUT2D eigenvalue weighted by Gasteiger charge is 2.25. The lowest BCUT2D eigenvalue weighted by Gasteiger charge is -2.26. The summed E-state index contributed by atoms with van der Waals surface area (Å²) in [4.78, 5) is 13.6. The number of hydrogen-bond donors (Lipinski definition) is 1. The van der Waals surface area contributed by atoms with Gasteiger partial charge in [-0.1, -0.05) is 16.8 Å². The molecule has 0 aliphatic carbocycles. The van der Waals surface area contributed by atoms with Crippen LogP contribution >= 0.6 is 23.4 Å². The van der Waals surface area contributed by atoms with E-state index in [1.807, 2.05) is 18.2 Å². The highest BCUT2D eigenvalue weighted by molar-refractivity contribution is 7.99. The lowest BCUT2D eigenvalue weighted by Crippen LogP contribution is -2.31. The molecule has 6 heteroatoms. The Morgan fingerprint density at radius 3 is 3.00 bits per heavy atom. The van der Waals surface area contributed by atoms with E-state index >= 15 is 0 Å². The SMILES string of the molecule is Cc1noc(C)c1C(=O)NC1CCSc2ccc(Cl)cc21. The first-order valence-electron chi connectivity index (χ1n) is 6.72. The summed E-state index contributed by atoms with van der Waals surface area (Å²) < 4.78 is 5.06. The summed E-state index contributed by atoms with van der Waals surface area (Å²) in [6, 6.07) is 5.80. The van der Waals surface area contributed by atoms with E-state index in [0.29, 0.717) is 22.0 Å². The van der Waals surface area contributed by atoms with E-state index in [4.69, 9.17) is 16.1 Å². The maximum atomic E-state index is 12.5. The molecule has 110 valence electrons. The predicted octanol–water partition coefficient (Wildman–Crippen LogP) is 3.91. The van der Waals surface area contributed by atoms with Crippen molar-refractivity contribution >= 4 is 29.3 Å². The van der Waals surface area contributed by atoms with E-state index < -0.39 is 0 Å². The van der Waals surface area contributed by atoms with Gasteiger partial charge >= 0.3 is 0 Å². The number of amides is 1. The van der Waals surface area contributed by atoms with Gasteiger partial charge in [-0.25, -0.2) is 0 Å². The van der Waals surface area contributed by atoms with Crippen LogP contribution in [0.5, 0.6) is 0 Å². The number of nitrogens with one attached hydrogen (secondary N) is 1. The molecule has 1 N–H and O–H groups in total. The van der Waals surface area contributed by atoms with Gasteiger partial charge in [0.15, 0.2) is 0 Å². The number of carbonyl (C=O) groups excluding carboxylic acids is 1. The number of hydrogen-bond acceptors (Lipinski definition) is 4. The van der Waals surface area contributed by atoms with Crippen LogP contribution in [-0.4, -0.2) is 16.8 Å². The molecular formula is C15H15ClN2O2S. The average molecular weight is 323 g/mol. The molecule has 0 fully saturated rings. The molecule has 1 amide bonds. The summed E-state index contributed by atoms with van der Waals surface area (Å²) in [6.07, 6.45) is 0.882. The topological polar surface area (TPSA) is 55.1 Å². The Bertz CT molecular complexity index is 679. The first-order chi connectivity index (χ1) is 10.1. The molecule has 1 atom stereocenters. The Morgan fingerprint density at radius 2 is 2.29 bits per heavy atom. The van der Waals surface area contributed by atoms with Crippen LogP contribution in [0.3, 0.4) is 0 Å². The standard InChI is InChI=1S/C15H15ClN2O2S/c1-8-14(9(2)20-18-8)15(19)17-12-5-6-21-13-4-3-10(16)7-11(12)13/h3-4,7,12H,5-6H2,1-2H3,(H,17,19). The lowest BCUT2D eigenvalue weighted by molar-refractivity contribution is 0.0933. The van der Waals surface area contributed by atoms with Crippen molar-refractivity contribution < 1.29 is 9.32 Å². The Kier molecular flexibility index (Phi) is 3.95. The number of benzene rings is 1. The van der Waals surface area contributed by atoms with Gasteiger partial charge in [0.25, 0.3) is 5.91 Å². The minimum absolute atomic E-state index is 0.0267. The van der Waals surface area contributed by atoms with Gasteiger partial charge in [0.05, 0.1) is 11.7 Å². The molecule has 2 heterocycles. The molecule has 1 aromatic carbocycles. The van der Waals surface area contributed by atoms with Crippen molar-refractivity contribution in [1.29, 1.82) is 0 Å². The summed E-state index contributed by atoms with van der Waals surface area (Å²) in [5, 5.41) is 7.59. The summed E-state index contributed by atoms with van der Waals surface area (Å²) in [5.74, 6) is 1.37. The summed E-state index contributed by atoms with van der Waals surface area (Å²) in [7, 11) is 0. The molecule has 21 heavy (non-hydrogen) atoms. The monoisotopic (exact) mass is 322 g/mol. The smallest absolute Gasteiger partial charge is 0.257 e. The van der Waals surface area contributed by atoms with Crippen molar-refractivity contribution in [1.82, 2.24) is 10.5 Å². The molecule has 1 aliphatic rings. The van der Waals surface area contributed by atoms with Crippen LogP contribution in [-0.2, 0) is 0 Å². The number of carbonyl (C=O) groups is 1. The number of halogens is 1. The number of thioether (sulfide) groups is 1. The van der Waals surface area contributed by atoms with Crippen molar-refractivity contribution in [3.63, 3.8) is 0 Å². The first-order valence-corrected chi connectivity index (χ1v) is 8.08. The van der Waals surface area contributed by atoms with E-state index in [-0.39, 0.29) is 11.9 Å². The van der Waals surface area contributed by atoms with Gasteiger partial charge in [-0.05, 0) is 44.0 Å². The Hall–Kier alpha value is -1.46. The maximum Gasteiger partial charge on any atom is 0.257 e. The number of aryl methyl sites for hydroxylation is 2. The van der Waals surface area contributed by atoms with Crippen LogP contribution in [0.25, 0.3) is 0 Å². The Balaban J connectivity index is 1.87. The average Bonchev–Trinajstić information content (AvgIpc) is 2.79. The van der Waals surface area contributed by atoms with Crippen LogP contribution in [0, 0.1) is 13.8 Å². The van der Waals surface area contributed by atoms with Crippen molar-refractivity contribution in [3.05, 3.63) is 45.8 Å². The van der Waals surface area contributed by atoms with E-state index in [1.165, 1.54) is 4.90 Å². The van der Waals surface area contributed by atoms with Crippen LogP contribution < -0.4 is 5.32 Å². The summed E-state index contributed by atoms with van der Waals surface area (Å²) in [6.45, 7) is 3.52. The van der Waals surface area contributed by atoms with Gasteiger partial charge < -0.3 is 9.84 Å². The number of fused-ring (bicyclic) bond motifs is 1. The van der Waals surface area contributed by atoms with Crippen LogP contribution in [0.4, 0.5) is 0 Å². The van der Waals surface area contributed by atoms with Crippen LogP contribution in [0.15, 0.2) is 27.6 Å². The molecule has 4 nitrogen and oxygen atoms in total. The van der Waals surface area contributed by atoms with E-state index in [0.717, 1.165) is 17.7 Å². The quantitative estimate of drug-likeness (QED) is 0.910. The normalized spacial score (nSPS) is 17.4. The van der Waals surface area contributed by atoms with Crippen molar-refractivity contribution in [2.24, 2.45) is 0 Å². The predicted molar refractivity (Wildman–Crippen MR) is 83.0 cm³/mol. The highest BCUT2D eigenvalue weighted by atomic mass is 35.5. The number of rotatable bonds is 2. The zero-order chi connectivity index (χ0) is 15.0. The van der Waals surface area contributed by atoms with Crippen LogP contribution in [0.1, 0.15) is 39.8 Å². The van der Waals surface area contributed by atoms with Gasteiger partial charge in [0.2, 0.25) is 0 Å². The van der Waals surface area contributed by atoms with Gasteiger partial charge in [-0.3, -0.25) is 4.79 Å². The minimum atomic E-state index is -0.144. The highest BCUT2D eigenvalue weighted by Crippen LogP contribution is 2.37. The molecule has 0 spiro atoms. The number of aromatic nitrogens is 1. The first kappa shape index (κ1) is 14.5. The third-order valence-electron chi connectivity index (χ3n) is 3.58. The molecule has 1 aromatic heterocycles. The molecular weight excluding hydrogens is 308 g/mol. The largest absolute Gasteiger partial charge is 0.361 e. The van der Waals surface area contributed by atoms with Crippen molar-refractivity contribution in [2.75, 3.05) is 5.75 Å². The Morgan fingerprint density at radius 1 is 1.48 bits per heavy atom. The van der Waals surface area contributed by atoms with Crippen molar-refractivity contribution in [3.8, 4) is 0 Å². The molecule has 2 aromatic rings.